The van der Waals surface area contributed by atoms with Crippen LogP contribution in [0.3, 0.4) is 0 Å². The second-order valence-corrected chi connectivity index (χ2v) is 7.70. The number of rotatable bonds is 6. The highest BCUT2D eigenvalue weighted by atomic mass is 16.3. The Morgan fingerprint density at radius 2 is 1.90 bits per heavy atom. The molecule has 0 saturated carbocycles. The molecule has 0 spiro atoms. The van der Waals surface area contributed by atoms with E-state index >= 15 is 0 Å². The topological polar surface area (TPSA) is 93.2 Å². The Hall–Kier alpha value is -3.51. The first-order chi connectivity index (χ1) is 14.7. The van der Waals surface area contributed by atoms with Gasteiger partial charge in [-0.05, 0) is 72.9 Å². The van der Waals surface area contributed by atoms with E-state index in [1.807, 2.05) is 18.3 Å². The summed E-state index contributed by atoms with van der Waals surface area (Å²) in [7, 11) is 0. The Morgan fingerprint density at radius 3 is 2.77 bits per heavy atom. The van der Waals surface area contributed by atoms with E-state index < -0.39 is 6.10 Å². The summed E-state index contributed by atoms with van der Waals surface area (Å²) >= 11 is 0. The average Bonchev–Trinajstić information content (AvgIpc) is 3.33. The van der Waals surface area contributed by atoms with Gasteiger partial charge in [0.2, 0.25) is 0 Å². The Kier molecular flexibility index (Phi) is 4.77. The number of pyridine rings is 1. The molecule has 0 fully saturated rings. The number of hydrogen-bond acceptors (Lipinski definition) is 5. The smallest absolute Gasteiger partial charge is 0.117 e. The van der Waals surface area contributed by atoms with Crippen LogP contribution in [0, 0.1) is 0 Å². The SMILES string of the molecule is Oc1ccc2c(CCNc3ccc(Nc4ccnc5c4CCC5O)cc3)c[nH]c2c1. The number of anilines is 3. The molecule has 6 nitrogen and oxygen atoms in total. The predicted octanol–water partition coefficient (Wildman–Crippen LogP) is 4.65. The molecule has 0 aliphatic heterocycles. The third kappa shape index (κ3) is 3.57. The second kappa shape index (κ2) is 7.72. The molecule has 1 aliphatic carbocycles. The molecule has 152 valence electrons. The minimum Gasteiger partial charge on any atom is -0.508 e. The maximum Gasteiger partial charge on any atom is 0.117 e. The lowest BCUT2D eigenvalue weighted by Gasteiger charge is -2.12. The van der Waals surface area contributed by atoms with E-state index in [0.717, 1.165) is 65.0 Å². The van der Waals surface area contributed by atoms with Gasteiger partial charge in [0.05, 0.1) is 11.8 Å². The standard InChI is InChI=1S/C24H24N4O2/c29-18-5-6-19-15(14-27-22(19)13-18)9-11-25-16-1-3-17(4-2-16)28-21-10-12-26-24-20(21)7-8-23(24)30/h1-6,10,12-14,23,25,27,29-30H,7-9,11H2,(H,26,28). The number of fused-ring (bicyclic) bond motifs is 2. The lowest BCUT2D eigenvalue weighted by atomic mass is 10.1. The van der Waals surface area contributed by atoms with Gasteiger partial charge in [0.1, 0.15) is 5.75 Å². The number of aliphatic hydroxyl groups excluding tert-OH is 1. The van der Waals surface area contributed by atoms with Crippen molar-refractivity contribution in [1.82, 2.24) is 9.97 Å². The lowest BCUT2D eigenvalue weighted by Crippen LogP contribution is -2.04. The normalized spacial score (nSPS) is 15.3. The fraction of sp³-hybridized carbons (Fsp3) is 0.208. The molecular weight excluding hydrogens is 376 g/mol. The third-order valence-corrected chi connectivity index (χ3v) is 5.71. The van der Waals surface area contributed by atoms with Crippen molar-refractivity contribution in [2.75, 3.05) is 17.2 Å². The minimum absolute atomic E-state index is 0.274. The van der Waals surface area contributed by atoms with Crippen molar-refractivity contribution in [2.45, 2.75) is 25.4 Å². The summed E-state index contributed by atoms with van der Waals surface area (Å²) in [5.74, 6) is 0.274. The zero-order valence-electron chi connectivity index (χ0n) is 16.5. The molecule has 1 unspecified atom stereocenters. The van der Waals surface area contributed by atoms with E-state index in [2.05, 4.69) is 44.9 Å². The summed E-state index contributed by atoms with van der Waals surface area (Å²) < 4.78 is 0. The van der Waals surface area contributed by atoms with Crippen LogP contribution in [0.5, 0.6) is 5.75 Å². The van der Waals surface area contributed by atoms with Crippen LogP contribution in [0.25, 0.3) is 10.9 Å². The van der Waals surface area contributed by atoms with E-state index in [1.165, 1.54) is 5.56 Å². The van der Waals surface area contributed by atoms with Gasteiger partial charge in [-0.15, -0.1) is 0 Å². The monoisotopic (exact) mass is 400 g/mol. The summed E-state index contributed by atoms with van der Waals surface area (Å²) in [6.07, 6.45) is 5.77. The summed E-state index contributed by atoms with van der Waals surface area (Å²) in [5, 5.41) is 27.7. The van der Waals surface area contributed by atoms with Crippen molar-refractivity contribution in [3.8, 4) is 5.75 Å². The zero-order chi connectivity index (χ0) is 20.5. The summed E-state index contributed by atoms with van der Waals surface area (Å²) in [6, 6.07) is 15.6. The van der Waals surface area contributed by atoms with E-state index in [-0.39, 0.29) is 5.75 Å². The van der Waals surface area contributed by atoms with Crippen LogP contribution in [-0.4, -0.2) is 26.7 Å². The number of nitrogens with zero attached hydrogens (tertiary/aromatic N) is 1. The van der Waals surface area contributed by atoms with Crippen molar-refractivity contribution in [3.05, 3.63) is 77.7 Å². The Bertz CT molecular complexity index is 1180. The van der Waals surface area contributed by atoms with Gasteiger partial charge in [0, 0.05) is 53.0 Å². The molecule has 5 N–H and O–H groups in total. The highest BCUT2D eigenvalue weighted by Gasteiger charge is 2.24. The van der Waals surface area contributed by atoms with Crippen LogP contribution in [0.2, 0.25) is 0 Å². The van der Waals surface area contributed by atoms with Gasteiger partial charge in [-0.2, -0.15) is 0 Å². The third-order valence-electron chi connectivity index (χ3n) is 5.71. The number of hydrogen-bond donors (Lipinski definition) is 5. The Balaban J connectivity index is 1.21. The van der Waals surface area contributed by atoms with Gasteiger partial charge < -0.3 is 25.8 Å². The first-order valence-electron chi connectivity index (χ1n) is 10.2. The molecule has 2 heterocycles. The molecule has 5 rings (SSSR count). The van der Waals surface area contributed by atoms with Crippen LogP contribution in [-0.2, 0) is 12.8 Å². The molecule has 0 amide bonds. The summed E-state index contributed by atoms with van der Waals surface area (Å²) in [4.78, 5) is 7.53. The molecule has 2 aromatic heterocycles. The van der Waals surface area contributed by atoms with Crippen molar-refractivity contribution >= 4 is 28.0 Å². The molecular formula is C24H24N4O2. The molecule has 30 heavy (non-hydrogen) atoms. The number of aromatic amines is 1. The quantitative estimate of drug-likeness (QED) is 0.325. The van der Waals surface area contributed by atoms with E-state index in [9.17, 15) is 10.2 Å². The van der Waals surface area contributed by atoms with Crippen LogP contribution in [0.15, 0.2) is 60.9 Å². The molecule has 4 aromatic rings. The molecule has 0 bridgehead atoms. The molecule has 6 heteroatoms. The molecule has 1 atom stereocenters. The van der Waals surface area contributed by atoms with E-state index in [4.69, 9.17) is 0 Å². The number of nitrogens with one attached hydrogen (secondary N) is 3. The van der Waals surface area contributed by atoms with Gasteiger partial charge >= 0.3 is 0 Å². The fourth-order valence-corrected chi connectivity index (χ4v) is 4.14. The zero-order valence-corrected chi connectivity index (χ0v) is 16.5. The number of aliphatic hydroxyl groups is 1. The van der Waals surface area contributed by atoms with Gasteiger partial charge in [-0.3, -0.25) is 4.98 Å². The van der Waals surface area contributed by atoms with Crippen molar-refractivity contribution in [1.29, 1.82) is 0 Å². The van der Waals surface area contributed by atoms with E-state index in [1.54, 1.807) is 18.3 Å². The lowest BCUT2D eigenvalue weighted by molar-refractivity contribution is 0.176. The molecule has 0 saturated heterocycles. The van der Waals surface area contributed by atoms with Crippen LogP contribution < -0.4 is 10.6 Å². The number of phenols is 1. The maximum absolute atomic E-state index is 10.0. The number of benzene rings is 2. The number of H-pyrrole nitrogens is 1. The van der Waals surface area contributed by atoms with Gasteiger partial charge in [0.15, 0.2) is 0 Å². The van der Waals surface area contributed by atoms with Crippen molar-refractivity contribution < 1.29 is 10.2 Å². The summed E-state index contributed by atoms with van der Waals surface area (Å²) in [6.45, 7) is 0.816. The van der Waals surface area contributed by atoms with Gasteiger partial charge in [0.25, 0.3) is 0 Å². The van der Waals surface area contributed by atoms with E-state index in [0.29, 0.717) is 0 Å². The Labute approximate surface area is 174 Å². The largest absolute Gasteiger partial charge is 0.508 e. The minimum atomic E-state index is -0.448. The number of aromatic hydroxyl groups is 1. The number of phenolic OH excluding ortho intramolecular Hbond substituents is 1. The number of aromatic nitrogens is 2. The Morgan fingerprint density at radius 1 is 1.07 bits per heavy atom. The second-order valence-electron chi connectivity index (χ2n) is 7.70. The van der Waals surface area contributed by atoms with Crippen molar-refractivity contribution in [3.63, 3.8) is 0 Å². The first-order valence-corrected chi connectivity index (χ1v) is 10.2. The molecule has 0 radical (unpaired) electrons. The van der Waals surface area contributed by atoms with Crippen molar-refractivity contribution in [2.24, 2.45) is 0 Å². The highest BCUT2D eigenvalue weighted by molar-refractivity contribution is 5.84. The van der Waals surface area contributed by atoms with Crippen LogP contribution >= 0.6 is 0 Å². The highest BCUT2D eigenvalue weighted by Crippen LogP contribution is 2.35. The first kappa shape index (κ1) is 18.5. The summed E-state index contributed by atoms with van der Waals surface area (Å²) in [5.41, 5.74) is 7.17. The van der Waals surface area contributed by atoms with Crippen LogP contribution in [0.1, 0.15) is 29.3 Å². The van der Waals surface area contributed by atoms with Crippen LogP contribution in [0.4, 0.5) is 17.1 Å². The molecule has 1 aliphatic rings. The maximum atomic E-state index is 10.0. The van der Waals surface area contributed by atoms with Gasteiger partial charge in [-0.25, -0.2) is 0 Å². The molecule has 2 aromatic carbocycles. The average molecular weight is 400 g/mol. The predicted molar refractivity (Wildman–Crippen MR) is 119 cm³/mol. The fourth-order valence-electron chi connectivity index (χ4n) is 4.14. The van der Waals surface area contributed by atoms with Gasteiger partial charge in [-0.1, -0.05) is 0 Å².